The number of thiazole rings is 1. The molecule has 2 aromatic rings. The fraction of sp³-hybridized carbons (Fsp3) is 0.524. The van der Waals surface area contributed by atoms with Gasteiger partial charge in [-0.1, -0.05) is 19.1 Å². The number of aryl methyl sites for hydroxylation is 1. The standard InChI is InChI=1S/C21H31N5OS/c1-4-17-13-23-20(28-17)14-25-21(22-5-2)24-12-16-10-11-26(15-16)18-8-6-7-9-19(18)27-3/h6-9,13,16H,4-5,10-12,14-15H2,1-3H3,(H2,22,24,25). The number of anilines is 1. The Morgan fingerprint density at radius 1 is 1.32 bits per heavy atom. The van der Waals surface area contributed by atoms with Crippen LogP contribution in [0.2, 0.25) is 0 Å². The van der Waals surface area contributed by atoms with Crippen LogP contribution in [0.25, 0.3) is 0 Å². The van der Waals surface area contributed by atoms with Gasteiger partial charge >= 0.3 is 0 Å². The van der Waals surface area contributed by atoms with Crippen LogP contribution in [-0.4, -0.2) is 44.2 Å². The maximum atomic E-state index is 5.52. The predicted molar refractivity (Wildman–Crippen MR) is 118 cm³/mol. The van der Waals surface area contributed by atoms with Gasteiger partial charge in [0.05, 0.1) is 19.3 Å². The van der Waals surface area contributed by atoms with Gasteiger partial charge in [0, 0.05) is 37.3 Å². The van der Waals surface area contributed by atoms with E-state index in [1.165, 1.54) is 10.6 Å². The number of guanidine groups is 1. The minimum Gasteiger partial charge on any atom is -0.495 e. The molecule has 1 aliphatic heterocycles. The molecule has 0 saturated carbocycles. The van der Waals surface area contributed by atoms with Crippen molar-refractivity contribution in [2.24, 2.45) is 10.9 Å². The second-order valence-electron chi connectivity index (χ2n) is 6.92. The Hall–Kier alpha value is -2.28. The zero-order chi connectivity index (χ0) is 19.8. The van der Waals surface area contributed by atoms with Gasteiger partial charge in [-0.2, -0.15) is 0 Å². The molecule has 0 bridgehead atoms. The van der Waals surface area contributed by atoms with Crippen LogP contribution in [0.1, 0.15) is 30.2 Å². The number of hydrogen-bond donors (Lipinski definition) is 2. The molecule has 0 aliphatic carbocycles. The van der Waals surface area contributed by atoms with Crippen LogP contribution in [0.5, 0.6) is 5.75 Å². The molecule has 1 fully saturated rings. The van der Waals surface area contributed by atoms with Crippen molar-refractivity contribution in [2.45, 2.75) is 33.2 Å². The number of benzene rings is 1. The molecule has 2 N–H and O–H groups in total. The fourth-order valence-corrected chi connectivity index (χ4v) is 4.21. The summed E-state index contributed by atoms with van der Waals surface area (Å²) in [4.78, 5) is 12.9. The van der Waals surface area contributed by atoms with E-state index in [1.54, 1.807) is 18.4 Å². The molecule has 0 radical (unpaired) electrons. The zero-order valence-corrected chi connectivity index (χ0v) is 17.9. The number of aliphatic imine (C=N–C) groups is 1. The van der Waals surface area contributed by atoms with E-state index in [4.69, 9.17) is 9.73 Å². The highest BCUT2D eigenvalue weighted by Gasteiger charge is 2.24. The lowest BCUT2D eigenvalue weighted by Gasteiger charge is -2.21. The monoisotopic (exact) mass is 401 g/mol. The lowest BCUT2D eigenvalue weighted by atomic mass is 10.1. The van der Waals surface area contributed by atoms with E-state index in [2.05, 4.69) is 46.5 Å². The number of hydrogen-bond acceptors (Lipinski definition) is 5. The van der Waals surface area contributed by atoms with Crippen molar-refractivity contribution < 1.29 is 4.74 Å². The number of nitrogens with one attached hydrogen (secondary N) is 2. The Balaban J connectivity index is 1.53. The molecule has 0 amide bonds. The molecule has 152 valence electrons. The number of rotatable bonds is 8. The quantitative estimate of drug-likeness (QED) is 0.525. The van der Waals surface area contributed by atoms with Crippen LogP contribution in [0.15, 0.2) is 35.5 Å². The maximum Gasteiger partial charge on any atom is 0.191 e. The summed E-state index contributed by atoms with van der Waals surface area (Å²) < 4.78 is 5.52. The van der Waals surface area contributed by atoms with E-state index in [0.717, 1.165) is 55.7 Å². The summed E-state index contributed by atoms with van der Waals surface area (Å²) in [5, 5.41) is 7.92. The molecule has 2 heterocycles. The van der Waals surface area contributed by atoms with Crippen molar-refractivity contribution in [3.05, 3.63) is 40.3 Å². The second-order valence-corrected chi connectivity index (χ2v) is 8.12. The zero-order valence-electron chi connectivity index (χ0n) is 17.1. The summed E-state index contributed by atoms with van der Waals surface area (Å²) in [7, 11) is 1.74. The first-order valence-corrected chi connectivity index (χ1v) is 10.9. The summed E-state index contributed by atoms with van der Waals surface area (Å²) in [5.74, 6) is 2.40. The topological polar surface area (TPSA) is 61.8 Å². The van der Waals surface area contributed by atoms with Crippen LogP contribution in [-0.2, 0) is 13.0 Å². The highest BCUT2D eigenvalue weighted by Crippen LogP contribution is 2.31. The van der Waals surface area contributed by atoms with E-state index in [1.807, 2.05) is 18.3 Å². The van der Waals surface area contributed by atoms with Crippen molar-refractivity contribution >= 4 is 23.0 Å². The molecule has 1 saturated heterocycles. The normalized spacial score (nSPS) is 17.0. The van der Waals surface area contributed by atoms with E-state index in [-0.39, 0.29) is 0 Å². The average molecular weight is 402 g/mol. The summed E-state index contributed by atoms with van der Waals surface area (Å²) in [6.45, 7) is 8.71. The molecule has 1 unspecified atom stereocenters. The number of aromatic nitrogens is 1. The number of nitrogens with zero attached hydrogens (tertiary/aromatic N) is 3. The molecule has 7 heteroatoms. The van der Waals surface area contributed by atoms with Gasteiger partial charge in [-0.25, -0.2) is 9.98 Å². The largest absolute Gasteiger partial charge is 0.495 e. The van der Waals surface area contributed by atoms with Gasteiger partial charge < -0.3 is 20.3 Å². The molecule has 0 spiro atoms. The Labute approximate surface area is 172 Å². The third-order valence-corrected chi connectivity index (χ3v) is 6.06. The molecular weight excluding hydrogens is 370 g/mol. The summed E-state index contributed by atoms with van der Waals surface area (Å²) in [6, 6.07) is 8.25. The van der Waals surface area contributed by atoms with Gasteiger partial charge in [0.25, 0.3) is 0 Å². The van der Waals surface area contributed by atoms with Crippen LogP contribution in [0.4, 0.5) is 5.69 Å². The summed E-state index contributed by atoms with van der Waals surface area (Å²) in [5.41, 5.74) is 1.18. The van der Waals surface area contributed by atoms with Crippen LogP contribution in [0.3, 0.4) is 0 Å². The van der Waals surface area contributed by atoms with Crippen molar-refractivity contribution in [1.82, 2.24) is 15.6 Å². The molecule has 1 aromatic carbocycles. The Bertz CT molecular complexity index is 776. The van der Waals surface area contributed by atoms with Gasteiger partial charge in [0.15, 0.2) is 5.96 Å². The molecule has 1 aromatic heterocycles. The third kappa shape index (κ3) is 5.38. The summed E-state index contributed by atoms with van der Waals surface area (Å²) >= 11 is 1.75. The molecule has 1 aliphatic rings. The average Bonchev–Trinajstić information content (AvgIpc) is 3.39. The van der Waals surface area contributed by atoms with Crippen LogP contribution < -0.4 is 20.3 Å². The highest BCUT2D eigenvalue weighted by atomic mass is 32.1. The van der Waals surface area contributed by atoms with Crippen LogP contribution in [0, 0.1) is 5.92 Å². The lowest BCUT2D eigenvalue weighted by Crippen LogP contribution is -2.40. The smallest absolute Gasteiger partial charge is 0.191 e. The second kappa shape index (κ2) is 10.3. The van der Waals surface area contributed by atoms with Gasteiger partial charge in [-0.3, -0.25) is 0 Å². The molecule has 1 atom stereocenters. The van der Waals surface area contributed by atoms with Gasteiger partial charge in [-0.15, -0.1) is 11.3 Å². The van der Waals surface area contributed by atoms with Crippen molar-refractivity contribution in [1.29, 1.82) is 0 Å². The van der Waals surface area contributed by atoms with E-state index < -0.39 is 0 Å². The molecule has 6 nitrogen and oxygen atoms in total. The van der Waals surface area contributed by atoms with Gasteiger partial charge in [-0.05, 0) is 37.8 Å². The Morgan fingerprint density at radius 3 is 2.93 bits per heavy atom. The number of methoxy groups -OCH3 is 1. The summed E-state index contributed by atoms with van der Waals surface area (Å²) in [6.07, 6.45) is 4.15. The van der Waals surface area contributed by atoms with Crippen LogP contribution >= 0.6 is 11.3 Å². The number of para-hydroxylation sites is 2. The van der Waals surface area contributed by atoms with E-state index >= 15 is 0 Å². The first kappa shape index (κ1) is 20.5. The Kier molecular flexibility index (Phi) is 7.54. The fourth-order valence-electron chi connectivity index (χ4n) is 3.42. The maximum absolute atomic E-state index is 5.52. The van der Waals surface area contributed by atoms with Crippen molar-refractivity contribution in [2.75, 3.05) is 38.2 Å². The first-order chi connectivity index (χ1) is 13.7. The highest BCUT2D eigenvalue weighted by molar-refractivity contribution is 7.11. The van der Waals surface area contributed by atoms with E-state index in [0.29, 0.717) is 12.5 Å². The van der Waals surface area contributed by atoms with Gasteiger partial charge in [0.2, 0.25) is 0 Å². The lowest BCUT2D eigenvalue weighted by molar-refractivity contribution is 0.414. The molecule has 3 rings (SSSR count). The molecular formula is C21H31N5OS. The first-order valence-electron chi connectivity index (χ1n) is 10.1. The minimum atomic E-state index is 0.584. The predicted octanol–water partition coefficient (Wildman–Crippen LogP) is 3.30. The Morgan fingerprint density at radius 2 is 2.18 bits per heavy atom. The SMILES string of the molecule is CCNC(=NCc1ncc(CC)s1)NCC1CCN(c2ccccc2OC)C1. The van der Waals surface area contributed by atoms with Crippen molar-refractivity contribution in [3.8, 4) is 5.75 Å². The van der Waals surface area contributed by atoms with Gasteiger partial charge in [0.1, 0.15) is 10.8 Å². The number of ether oxygens (including phenoxy) is 1. The van der Waals surface area contributed by atoms with Crippen molar-refractivity contribution in [3.63, 3.8) is 0 Å². The van der Waals surface area contributed by atoms with E-state index in [9.17, 15) is 0 Å². The molecule has 28 heavy (non-hydrogen) atoms. The minimum absolute atomic E-state index is 0.584. The third-order valence-electron chi connectivity index (χ3n) is 4.94.